The third kappa shape index (κ3) is 2.38. The second-order valence-corrected chi connectivity index (χ2v) is 4.10. The van der Waals surface area contributed by atoms with E-state index < -0.39 is 0 Å². The second-order valence-electron chi connectivity index (χ2n) is 3.79. The van der Waals surface area contributed by atoms with E-state index in [4.69, 9.17) is 16.3 Å². The highest BCUT2D eigenvalue weighted by Gasteiger charge is 2.25. The zero-order chi connectivity index (χ0) is 11.4. The molecule has 0 N–H and O–H groups in total. The van der Waals surface area contributed by atoms with E-state index in [2.05, 4.69) is 14.9 Å². The fraction of sp³-hybridized carbons (Fsp3) is 0.636. The molecule has 1 unspecified atom stereocenters. The largest absolute Gasteiger partial charge is 0.477 e. The van der Waals surface area contributed by atoms with E-state index in [9.17, 15) is 0 Å². The Balaban J connectivity index is 2.16. The molecular weight excluding hydrogens is 226 g/mol. The van der Waals surface area contributed by atoms with E-state index in [0.29, 0.717) is 24.4 Å². The van der Waals surface area contributed by atoms with E-state index >= 15 is 0 Å². The summed E-state index contributed by atoms with van der Waals surface area (Å²) in [6.07, 6.45) is 5.70. The quantitative estimate of drug-likeness (QED) is 0.757. The van der Waals surface area contributed by atoms with Crippen LogP contribution in [0.15, 0.2) is 12.4 Å². The molecule has 0 bridgehead atoms. The van der Waals surface area contributed by atoms with Crippen LogP contribution in [0, 0.1) is 0 Å². The van der Waals surface area contributed by atoms with Gasteiger partial charge in [-0.25, -0.2) is 0 Å². The molecule has 5 heteroatoms. The SMILES string of the molecule is CCOc1cncc(N2CCCC2CCl)n1. The first-order valence-corrected chi connectivity index (χ1v) is 6.16. The Hall–Kier alpha value is -1.03. The first-order valence-electron chi connectivity index (χ1n) is 5.62. The third-order valence-corrected chi connectivity index (χ3v) is 3.10. The molecule has 16 heavy (non-hydrogen) atoms. The van der Waals surface area contributed by atoms with E-state index in [1.165, 1.54) is 0 Å². The Bertz CT molecular complexity index is 348. The van der Waals surface area contributed by atoms with Crippen LogP contribution in [-0.4, -0.2) is 35.0 Å². The molecular formula is C11H16ClN3O. The normalized spacial score (nSPS) is 20.1. The predicted octanol–water partition coefficient (Wildman–Crippen LogP) is 2.08. The molecule has 1 aromatic heterocycles. The van der Waals surface area contributed by atoms with Gasteiger partial charge in [-0.2, -0.15) is 4.98 Å². The summed E-state index contributed by atoms with van der Waals surface area (Å²) in [5.74, 6) is 2.09. The lowest BCUT2D eigenvalue weighted by molar-refractivity contribution is 0.325. The van der Waals surface area contributed by atoms with Gasteiger partial charge < -0.3 is 9.64 Å². The van der Waals surface area contributed by atoms with Gasteiger partial charge in [-0.1, -0.05) is 0 Å². The van der Waals surface area contributed by atoms with Crippen molar-refractivity contribution in [2.24, 2.45) is 0 Å². The highest BCUT2D eigenvalue weighted by molar-refractivity contribution is 6.18. The minimum absolute atomic E-state index is 0.382. The van der Waals surface area contributed by atoms with Crippen molar-refractivity contribution < 1.29 is 4.74 Å². The van der Waals surface area contributed by atoms with Gasteiger partial charge in [-0.15, -0.1) is 11.6 Å². The molecule has 1 saturated heterocycles. The molecule has 0 aliphatic carbocycles. The van der Waals surface area contributed by atoms with Crippen LogP contribution in [-0.2, 0) is 0 Å². The summed E-state index contributed by atoms with van der Waals surface area (Å²) in [7, 11) is 0. The fourth-order valence-electron chi connectivity index (χ4n) is 1.99. The Labute approximate surface area is 101 Å². The molecule has 1 aliphatic rings. The highest BCUT2D eigenvalue weighted by Crippen LogP contribution is 2.25. The first-order chi connectivity index (χ1) is 7.85. The van der Waals surface area contributed by atoms with Crippen LogP contribution in [0.1, 0.15) is 19.8 Å². The van der Waals surface area contributed by atoms with Gasteiger partial charge in [-0.3, -0.25) is 4.98 Å². The number of hydrogen-bond donors (Lipinski definition) is 0. The lowest BCUT2D eigenvalue weighted by Crippen LogP contribution is -2.31. The van der Waals surface area contributed by atoms with Crippen molar-refractivity contribution in [1.29, 1.82) is 0 Å². The van der Waals surface area contributed by atoms with Gasteiger partial charge in [0.25, 0.3) is 0 Å². The number of nitrogens with zero attached hydrogens (tertiary/aromatic N) is 3. The number of hydrogen-bond acceptors (Lipinski definition) is 4. The van der Waals surface area contributed by atoms with Crippen LogP contribution in [0.25, 0.3) is 0 Å². The average Bonchev–Trinajstić information content (AvgIpc) is 2.78. The minimum Gasteiger partial charge on any atom is -0.477 e. The summed E-state index contributed by atoms with van der Waals surface area (Å²) in [5, 5.41) is 0. The van der Waals surface area contributed by atoms with Crippen LogP contribution in [0.5, 0.6) is 5.88 Å². The van der Waals surface area contributed by atoms with Crippen LogP contribution in [0.4, 0.5) is 5.82 Å². The molecule has 0 saturated carbocycles. The summed E-state index contributed by atoms with van der Waals surface area (Å²) in [5.41, 5.74) is 0. The van der Waals surface area contributed by atoms with Gasteiger partial charge >= 0.3 is 0 Å². The maximum absolute atomic E-state index is 5.93. The van der Waals surface area contributed by atoms with Gasteiger partial charge in [0.15, 0.2) is 5.82 Å². The maximum atomic E-state index is 5.93. The number of halogens is 1. The fourth-order valence-corrected chi connectivity index (χ4v) is 2.31. The van der Waals surface area contributed by atoms with Crippen molar-refractivity contribution >= 4 is 17.4 Å². The van der Waals surface area contributed by atoms with Crippen molar-refractivity contribution in [2.45, 2.75) is 25.8 Å². The average molecular weight is 242 g/mol. The van der Waals surface area contributed by atoms with Gasteiger partial charge in [0, 0.05) is 18.5 Å². The van der Waals surface area contributed by atoms with Crippen molar-refractivity contribution in [3.8, 4) is 5.88 Å². The number of aromatic nitrogens is 2. The Kier molecular flexibility index (Phi) is 3.83. The molecule has 0 radical (unpaired) electrons. The number of anilines is 1. The highest BCUT2D eigenvalue weighted by atomic mass is 35.5. The standard InChI is InChI=1S/C11H16ClN3O/c1-2-16-11-8-13-7-10(14-11)15-5-3-4-9(15)6-12/h7-9H,2-6H2,1H3. The third-order valence-electron chi connectivity index (χ3n) is 2.74. The summed E-state index contributed by atoms with van der Waals surface area (Å²) in [4.78, 5) is 10.8. The Morgan fingerprint density at radius 1 is 1.56 bits per heavy atom. The van der Waals surface area contributed by atoms with Crippen molar-refractivity contribution in [1.82, 2.24) is 9.97 Å². The van der Waals surface area contributed by atoms with Gasteiger partial charge in [-0.05, 0) is 19.8 Å². The molecule has 4 nitrogen and oxygen atoms in total. The van der Waals surface area contributed by atoms with Crippen LogP contribution in [0.3, 0.4) is 0 Å². The molecule has 88 valence electrons. The smallest absolute Gasteiger partial charge is 0.234 e. The number of ether oxygens (including phenoxy) is 1. The topological polar surface area (TPSA) is 38.2 Å². The van der Waals surface area contributed by atoms with Crippen LogP contribution >= 0.6 is 11.6 Å². The van der Waals surface area contributed by atoms with E-state index in [-0.39, 0.29) is 0 Å². The maximum Gasteiger partial charge on any atom is 0.234 e. The molecule has 2 rings (SSSR count). The summed E-state index contributed by atoms with van der Waals surface area (Å²) >= 11 is 5.93. The van der Waals surface area contributed by atoms with E-state index in [0.717, 1.165) is 25.2 Å². The minimum atomic E-state index is 0.382. The molecule has 0 aromatic carbocycles. The lowest BCUT2D eigenvalue weighted by Gasteiger charge is -2.23. The Morgan fingerprint density at radius 3 is 3.19 bits per heavy atom. The second kappa shape index (κ2) is 5.34. The number of alkyl halides is 1. The van der Waals surface area contributed by atoms with Gasteiger partial charge in [0.1, 0.15) is 0 Å². The molecule has 1 aliphatic heterocycles. The summed E-state index contributed by atoms with van der Waals surface area (Å²) in [6, 6.07) is 0.382. The summed E-state index contributed by atoms with van der Waals surface area (Å²) < 4.78 is 5.34. The predicted molar refractivity (Wildman–Crippen MR) is 64.3 cm³/mol. The van der Waals surface area contributed by atoms with Crippen LogP contribution < -0.4 is 9.64 Å². The first kappa shape index (κ1) is 11.5. The zero-order valence-electron chi connectivity index (χ0n) is 9.40. The van der Waals surface area contributed by atoms with E-state index in [1.54, 1.807) is 12.4 Å². The molecule has 0 spiro atoms. The van der Waals surface area contributed by atoms with Crippen molar-refractivity contribution in [3.05, 3.63) is 12.4 Å². The van der Waals surface area contributed by atoms with Gasteiger partial charge in [0.05, 0.1) is 19.0 Å². The monoisotopic (exact) mass is 241 g/mol. The molecule has 1 fully saturated rings. The number of rotatable bonds is 4. The molecule has 1 aromatic rings. The van der Waals surface area contributed by atoms with E-state index in [1.807, 2.05) is 6.92 Å². The van der Waals surface area contributed by atoms with Gasteiger partial charge in [0.2, 0.25) is 5.88 Å². The molecule has 2 heterocycles. The van der Waals surface area contributed by atoms with Crippen molar-refractivity contribution in [3.63, 3.8) is 0 Å². The Morgan fingerprint density at radius 2 is 2.44 bits per heavy atom. The van der Waals surface area contributed by atoms with Crippen LogP contribution in [0.2, 0.25) is 0 Å². The lowest BCUT2D eigenvalue weighted by atomic mass is 10.2. The van der Waals surface area contributed by atoms with Crippen molar-refractivity contribution in [2.75, 3.05) is 23.9 Å². The molecule has 1 atom stereocenters. The molecule has 0 amide bonds. The zero-order valence-corrected chi connectivity index (χ0v) is 10.2. The summed E-state index contributed by atoms with van der Waals surface area (Å²) in [6.45, 7) is 3.55.